The summed E-state index contributed by atoms with van der Waals surface area (Å²) in [6.45, 7) is 3.82. The number of para-hydroxylation sites is 1. The van der Waals surface area contributed by atoms with Crippen LogP contribution >= 0.6 is 0 Å². The van der Waals surface area contributed by atoms with Gasteiger partial charge in [-0.25, -0.2) is 0 Å². The molecule has 3 aromatic rings. The number of piperidine rings is 1. The smallest absolute Gasteiger partial charge is 0.256 e. The van der Waals surface area contributed by atoms with Gasteiger partial charge >= 0.3 is 0 Å². The first kappa shape index (κ1) is 15.9. The maximum Gasteiger partial charge on any atom is 0.256 e. The Balaban J connectivity index is 1.73. The molecule has 2 heterocycles. The normalized spacial score (nSPS) is 17.8. The lowest BCUT2D eigenvalue weighted by Crippen LogP contribution is -2.41. The van der Waals surface area contributed by atoms with Gasteiger partial charge in [0.15, 0.2) is 0 Å². The van der Waals surface area contributed by atoms with Crippen LogP contribution in [-0.4, -0.2) is 28.0 Å². The Morgan fingerprint density at radius 3 is 2.60 bits per heavy atom. The highest BCUT2D eigenvalue weighted by Crippen LogP contribution is 2.26. The SMILES string of the molecule is CC1CCCCN1C(=O)c1cn(Cc2ccccc2)c2ccccc12. The van der Waals surface area contributed by atoms with Gasteiger partial charge in [0.2, 0.25) is 0 Å². The molecule has 0 aliphatic carbocycles. The fourth-order valence-electron chi connectivity index (χ4n) is 3.88. The van der Waals surface area contributed by atoms with Gasteiger partial charge < -0.3 is 9.47 Å². The second-order valence-electron chi connectivity index (χ2n) is 7.02. The van der Waals surface area contributed by atoms with Gasteiger partial charge in [-0.3, -0.25) is 4.79 Å². The average Bonchev–Trinajstić information content (AvgIpc) is 3.01. The van der Waals surface area contributed by atoms with Crippen LogP contribution < -0.4 is 0 Å². The van der Waals surface area contributed by atoms with E-state index >= 15 is 0 Å². The zero-order valence-electron chi connectivity index (χ0n) is 14.7. The van der Waals surface area contributed by atoms with Crippen molar-refractivity contribution in [2.75, 3.05) is 6.54 Å². The van der Waals surface area contributed by atoms with Crippen LogP contribution in [0.5, 0.6) is 0 Å². The molecule has 3 nitrogen and oxygen atoms in total. The van der Waals surface area contributed by atoms with Crippen molar-refractivity contribution in [3.05, 3.63) is 71.9 Å². The number of likely N-dealkylation sites (tertiary alicyclic amines) is 1. The van der Waals surface area contributed by atoms with Crippen molar-refractivity contribution in [3.63, 3.8) is 0 Å². The van der Waals surface area contributed by atoms with E-state index in [-0.39, 0.29) is 5.91 Å². The molecule has 25 heavy (non-hydrogen) atoms. The molecule has 128 valence electrons. The van der Waals surface area contributed by atoms with Crippen LogP contribution in [0.1, 0.15) is 42.1 Å². The van der Waals surface area contributed by atoms with E-state index in [4.69, 9.17) is 0 Å². The third-order valence-corrected chi connectivity index (χ3v) is 5.28. The first-order valence-electron chi connectivity index (χ1n) is 9.17. The zero-order valence-corrected chi connectivity index (χ0v) is 14.7. The molecule has 0 bridgehead atoms. The Kier molecular flexibility index (Phi) is 4.31. The molecular formula is C22H24N2O. The van der Waals surface area contributed by atoms with Crippen molar-refractivity contribution in [1.82, 2.24) is 9.47 Å². The second kappa shape index (κ2) is 6.75. The summed E-state index contributed by atoms with van der Waals surface area (Å²) in [5.41, 5.74) is 3.20. The zero-order chi connectivity index (χ0) is 17.2. The molecular weight excluding hydrogens is 308 g/mol. The molecule has 1 aromatic heterocycles. The van der Waals surface area contributed by atoms with E-state index in [2.05, 4.69) is 52.8 Å². The van der Waals surface area contributed by atoms with Crippen molar-refractivity contribution < 1.29 is 4.79 Å². The first-order valence-corrected chi connectivity index (χ1v) is 9.17. The average molecular weight is 332 g/mol. The number of fused-ring (bicyclic) bond motifs is 1. The van der Waals surface area contributed by atoms with Crippen LogP contribution in [0.4, 0.5) is 0 Å². The lowest BCUT2D eigenvalue weighted by Gasteiger charge is -2.33. The number of rotatable bonds is 3. The standard InChI is InChI=1S/C22H24N2O/c1-17-9-7-8-14-24(17)22(25)20-16-23(15-18-10-3-2-4-11-18)21-13-6-5-12-19(20)21/h2-6,10-13,16-17H,7-9,14-15H2,1H3. The van der Waals surface area contributed by atoms with Crippen LogP contribution in [0.25, 0.3) is 10.9 Å². The lowest BCUT2D eigenvalue weighted by atomic mass is 10.0. The highest BCUT2D eigenvalue weighted by atomic mass is 16.2. The van der Waals surface area contributed by atoms with Gasteiger partial charge in [-0.2, -0.15) is 0 Å². The van der Waals surface area contributed by atoms with Gasteiger partial charge in [0.25, 0.3) is 5.91 Å². The summed E-state index contributed by atoms with van der Waals surface area (Å²) in [6, 6.07) is 19.0. The molecule has 3 heteroatoms. The van der Waals surface area contributed by atoms with Gasteiger partial charge in [-0.05, 0) is 37.8 Å². The van der Waals surface area contributed by atoms with Gasteiger partial charge in [-0.15, -0.1) is 0 Å². The molecule has 2 aromatic carbocycles. The highest BCUT2D eigenvalue weighted by Gasteiger charge is 2.26. The van der Waals surface area contributed by atoms with E-state index in [1.165, 1.54) is 12.0 Å². The van der Waals surface area contributed by atoms with E-state index in [1.54, 1.807) is 0 Å². The maximum atomic E-state index is 13.2. The number of hydrogen-bond acceptors (Lipinski definition) is 1. The maximum absolute atomic E-state index is 13.2. The fourth-order valence-corrected chi connectivity index (χ4v) is 3.88. The molecule has 1 aliphatic rings. The predicted molar refractivity (Wildman–Crippen MR) is 102 cm³/mol. The molecule has 0 N–H and O–H groups in total. The Morgan fingerprint density at radius 2 is 1.80 bits per heavy atom. The number of carbonyl (C=O) groups is 1. The van der Waals surface area contributed by atoms with E-state index in [9.17, 15) is 4.79 Å². The molecule has 4 rings (SSSR count). The largest absolute Gasteiger partial charge is 0.342 e. The monoisotopic (exact) mass is 332 g/mol. The summed E-state index contributed by atoms with van der Waals surface area (Å²) in [5, 5.41) is 1.06. The van der Waals surface area contributed by atoms with Crippen molar-refractivity contribution in [2.24, 2.45) is 0 Å². The minimum absolute atomic E-state index is 0.176. The summed E-state index contributed by atoms with van der Waals surface area (Å²) in [4.78, 5) is 15.3. The van der Waals surface area contributed by atoms with Crippen LogP contribution in [0, 0.1) is 0 Å². The van der Waals surface area contributed by atoms with Crippen LogP contribution in [0.3, 0.4) is 0 Å². The Morgan fingerprint density at radius 1 is 1.04 bits per heavy atom. The number of nitrogens with zero attached hydrogens (tertiary/aromatic N) is 2. The Bertz CT molecular complexity index is 881. The first-order chi connectivity index (χ1) is 12.2. The molecule has 1 atom stereocenters. The number of carbonyl (C=O) groups excluding carboxylic acids is 1. The molecule has 1 unspecified atom stereocenters. The summed E-state index contributed by atoms with van der Waals surface area (Å²) < 4.78 is 2.20. The van der Waals surface area contributed by atoms with E-state index in [0.717, 1.165) is 42.4 Å². The van der Waals surface area contributed by atoms with E-state index in [0.29, 0.717) is 6.04 Å². The van der Waals surface area contributed by atoms with Crippen molar-refractivity contribution in [2.45, 2.75) is 38.8 Å². The van der Waals surface area contributed by atoms with Crippen LogP contribution in [0.2, 0.25) is 0 Å². The van der Waals surface area contributed by atoms with Gasteiger partial charge in [0.1, 0.15) is 0 Å². The quantitative estimate of drug-likeness (QED) is 0.682. The number of amides is 1. The molecule has 0 spiro atoms. The van der Waals surface area contributed by atoms with Crippen LogP contribution in [-0.2, 0) is 6.54 Å². The summed E-state index contributed by atoms with van der Waals surface area (Å²) in [7, 11) is 0. The lowest BCUT2D eigenvalue weighted by molar-refractivity contribution is 0.0637. The third-order valence-electron chi connectivity index (χ3n) is 5.28. The van der Waals surface area contributed by atoms with E-state index in [1.807, 2.05) is 24.4 Å². The molecule has 0 radical (unpaired) electrons. The van der Waals surface area contributed by atoms with Gasteiger partial charge in [0, 0.05) is 36.2 Å². The number of benzene rings is 2. The Labute approximate surface area is 148 Å². The summed E-state index contributed by atoms with van der Waals surface area (Å²) in [5.74, 6) is 0.176. The van der Waals surface area contributed by atoms with Gasteiger partial charge in [0.05, 0.1) is 5.56 Å². The summed E-state index contributed by atoms with van der Waals surface area (Å²) in [6.07, 6.45) is 5.48. The molecule has 0 saturated carbocycles. The Hall–Kier alpha value is -2.55. The van der Waals surface area contributed by atoms with Crippen molar-refractivity contribution in [1.29, 1.82) is 0 Å². The molecule has 1 amide bonds. The molecule has 1 saturated heterocycles. The predicted octanol–water partition coefficient (Wildman–Crippen LogP) is 4.70. The number of hydrogen-bond donors (Lipinski definition) is 0. The highest BCUT2D eigenvalue weighted by molar-refractivity contribution is 6.07. The minimum atomic E-state index is 0.176. The molecule has 1 fully saturated rings. The van der Waals surface area contributed by atoms with E-state index < -0.39 is 0 Å². The second-order valence-corrected chi connectivity index (χ2v) is 7.02. The number of aromatic nitrogens is 1. The third kappa shape index (κ3) is 3.07. The minimum Gasteiger partial charge on any atom is -0.342 e. The van der Waals surface area contributed by atoms with Crippen molar-refractivity contribution in [3.8, 4) is 0 Å². The topological polar surface area (TPSA) is 25.2 Å². The van der Waals surface area contributed by atoms with Crippen LogP contribution in [0.15, 0.2) is 60.8 Å². The summed E-state index contributed by atoms with van der Waals surface area (Å²) >= 11 is 0. The molecule has 1 aliphatic heterocycles. The van der Waals surface area contributed by atoms with Crippen molar-refractivity contribution >= 4 is 16.8 Å². The fraction of sp³-hybridized carbons (Fsp3) is 0.318. The van der Waals surface area contributed by atoms with Gasteiger partial charge in [-0.1, -0.05) is 48.5 Å².